The highest BCUT2D eigenvalue weighted by Gasteiger charge is 2.34. The maximum atomic E-state index is 12.5. The first kappa shape index (κ1) is 12.7. The minimum absolute atomic E-state index is 0.0826. The van der Waals surface area contributed by atoms with Crippen molar-refractivity contribution in [2.45, 2.75) is 20.0 Å². The van der Waals surface area contributed by atoms with Gasteiger partial charge in [0, 0.05) is 12.1 Å². The zero-order chi connectivity index (χ0) is 14.4. The first-order valence-electron chi connectivity index (χ1n) is 6.38. The van der Waals surface area contributed by atoms with E-state index in [-0.39, 0.29) is 23.4 Å². The van der Waals surface area contributed by atoms with E-state index in [9.17, 15) is 9.59 Å². The average molecular weight is 274 g/mol. The normalized spacial score (nSPS) is 21.4. The molecule has 1 aromatic heterocycles. The molecule has 1 aromatic carbocycles. The zero-order valence-corrected chi connectivity index (χ0v) is 11.4. The van der Waals surface area contributed by atoms with Gasteiger partial charge in [-0.2, -0.15) is 0 Å². The smallest absolute Gasteiger partial charge is 0.336 e. The van der Waals surface area contributed by atoms with Crippen molar-refractivity contribution >= 4 is 16.8 Å². The van der Waals surface area contributed by atoms with Crippen LogP contribution in [0.25, 0.3) is 11.0 Å². The highest BCUT2D eigenvalue weighted by Crippen LogP contribution is 2.40. The van der Waals surface area contributed by atoms with Crippen LogP contribution in [-0.2, 0) is 0 Å². The molecule has 0 saturated heterocycles. The Morgan fingerprint density at radius 3 is 2.65 bits per heavy atom. The highest BCUT2D eigenvalue weighted by atomic mass is 16.5. The molecule has 5 nitrogen and oxygen atoms in total. The summed E-state index contributed by atoms with van der Waals surface area (Å²) in [4.78, 5) is 23.9. The second-order valence-electron chi connectivity index (χ2n) is 4.93. The van der Waals surface area contributed by atoms with Gasteiger partial charge in [-0.1, -0.05) is 6.92 Å². The molecule has 2 atom stereocenters. The van der Waals surface area contributed by atoms with E-state index in [0.717, 1.165) is 0 Å². The summed E-state index contributed by atoms with van der Waals surface area (Å²) in [5, 5.41) is 0.588. The third-order valence-corrected chi connectivity index (χ3v) is 3.73. The van der Waals surface area contributed by atoms with Crippen molar-refractivity contribution in [2.24, 2.45) is 5.92 Å². The van der Waals surface area contributed by atoms with Gasteiger partial charge in [0.05, 0.1) is 18.4 Å². The van der Waals surface area contributed by atoms with E-state index in [0.29, 0.717) is 22.4 Å². The van der Waals surface area contributed by atoms with Crippen molar-refractivity contribution in [2.75, 3.05) is 7.11 Å². The average Bonchev–Trinajstić information content (AvgIpc) is 2.43. The highest BCUT2D eigenvalue weighted by molar-refractivity contribution is 6.11. The Kier molecular flexibility index (Phi) is 2.78. The minimum Gasteiger partial charge on any atom is -0.496 e. The Morgan fingerprint density at radius 1 is 1.20 bits per heavy atom. The summed E-state index contributed by atoms with van der Waals surface area (Å²) >= 11 is 0. The van der Waals surface area contributed by atoms with Gasteiger partial charge < -0.3 is 13.9 Å². The van der Waals surface area contributed by atoms with Crippen molar-refractivity contribution in [3.63, 3.8) is 0 Å². The van der Waals surface area contributed by atoms with Crippen LogP contribution in [0, 0.1) is 5.92 Å². The molecule has 0 amide bonds. The molecule has 2 aromatic rings. The molecule has 2 heterocycles. The van der Waals surface area contributed by atoms with E-state index < -0.39 is 5.63 Å². The molecule has 0 unspecified atom stereocenters. The second kappa shape index (κ2) is 4.37. The third-order valence-electron chi connectivity index (χ3n) is 3.73. The van der Waals surface area contributed by atoms with Crippen molar-refractivity contribution in [3.8, 4) is 11.5 Å². The standard InChI is InChI=1S/C15H14O5/c1-7-8(2)19-11-6-10(18-3)9-4-5-12(16)20-15(9)13(11)14(7)17/h4-8H,1-3H3/t7-,8-/m1/s1. The lowest BCUT2D eigenvalue weighted by Gasteiger charge is -2.28. The van der Waals surface area contributed by atoms with E-state index in [2.05, 4.69) is 0 Å². The zero-order valence-electron chi connectivity index (χ0n) is 11.4. The molecular weight excluding hydrogens is 260 g/mol. The fraction of sp³-hybridized carbons (Fsp3) is 0.333. The number of methoxy groups -OCH3 is 1. The van der Waals surface area contributed by atoms with Gasteiger partial charge in [-0.25, -0.2) is 4.79 Å². The Balaban J connectivity index is 2.42. The fourth-order valence-electron chi connectivity index (χ4n) is 2.42. The minimum atomic E-state index is -0.507. The van der Waals surface area contributed by atoms with Crippen LogP contribution in [0.2, 0.25) is 0 Å². The molecule has 0 N–H and O–H groups in total. The SMILES string of the molecule is COc1cc2c(c3oc(=O)ccc13)C(=O)[C@H](C)[C@@H](C)O2. The maximum absolute atomic E-state index is 12.5. The molecule has 0 bridgehead atoms. The Hall–Kier alpha value is -2.30. The van der Waals surface area contributed by atoms with Crippen LogP contribution < -0.4 is 15.1 Å². The Morgan fingerprint density at radius 2 is 1.95 bits per heavy atom. The predicted molar refractivity (Wildman–Crippen MR) is 72.6 cm³/mol. The summed E-state index contributed by atoms with van der Waals surface area (Å²) in [5.41, 5.74) is 0.0479. The fourth-order valence-corrected chi connectivity index (χ4v) is 2.42. The largest absolute Gasteiger partial charge is 0.496 e. The quantitative estimate of drug-likeness (QED) is 0.747. The van der Waals surface area contributed by atoms with Crippen molar-refractivity contribution in [3.05, 3.63) is 34.2 Å². The molecule has 0 fully saturated rings. The molecule has 0 radical (unpaired) electrons. The van der Waals surface area contributed by atoms with E-state index in [1.807, 2.05) is 6.92 Å². The number of carbonyl (C=O) groups excluding carboxylic acids is 1. The molecule has 1 aliphatic rings. The van der Waals surface area contributed by atoms with Crippen LogP contribution in [0.4, 0.5) is 0 Å². The van der Waals surface area contributed by atoms with Crippen molar-refractivity contribution < 1.29 is 18.7 Å². The number of hydrogen-bond donors (Lipinski definition) is 0. The van der Waals surface area contributed by atoms with Gasteiger partial charge >= 0.3 is 5.63 Å². The summed E-state index contributed by atoms with van der Waals surface area (Å²) < 4.78 is 16.2. The molecule has 0 aliphatic carbocycles. The number of hydrogen-bond acceptors (Lipinski definition) is 5. The lowest BCUT2D eigenvalue weighted by molar-refractivity contribution is 0.0731. The molecule has 3 rings (SSSR count). The predicted octanol–water partition coefficient (Wildman–Crippen LogP) is 2.40. The summed E-state index contributed by atoms with van der Waals surface area (Å²) in [6.07, 6.45) is -0.229. The number of Topliss-reactive ketones (excluding diaryl/α,β-unsaturated/α-hetero) is 1. The summed E-state index contributed by atoms with van der Waals surface area (Å²) in [6, 6.07) is 4.56. The van der Waals surface area contributed by atoms with Gasteiger partial charge in [0.1, 0.15) is 23.2 Å². The van der Waals surface area contributed by atoms with E-state index >= 15 is 0 Å². The Labute approximate surface area is 115 Å². The summed E-state index contributed by atoms with van der Waals surface area (Å²) in [5.74, 6) is 0.543. The first-order valence-corrected chi connectivity index (χ1v) is 6.38. The van der Waals surface area contributed by atoms with Gasteiger partial charge in [0.25, 0.3) is 0 Å². The molecule has 5 heteroatoms. The number of ether oxygens (including phenoxy) is 2. The summed E-state index contributed by atoms with van der Waals surface area (Å²) in [7, 11) is 1.52. The molecular formula is C15H14O5. The van der Waals surface area contributed by atoms with Gasteiger partial charge in [-0.05, 0) is 13.0 Å². The monoisotopic (exact) mass is 274 g/mol. The number of ketones is 1. The molecule has 0 spiro atoms. The first-order chi connectivity index (χ1) is 9.52. The van der Waals surface area contributed by atoms with Gasteiger partial charge in [0.15, 0.2) is 11.4 Å². The van der Waals surface area contributed by atoms with Crippen LogP contribution in [0.1, 0.15) is 24.2 Å². The van der Waals surface area contributed by atoms with E-state index in [4.69, 9.17) is 13.9 Å². The molecule has 0 saturated carbocycles. The van der Waals surface area contributed by atoms with Crippen molar-refractivity contribution in [1.29, 1.82) is 0 Å². The third kappa shape index (κ3) is 1.70. The topological polar surface area (TPSA) is 65.7 Å². The number of fused-ring (bicyclic) bond motifs is 3. The van der Waals surface area contributed by atoms with E-state index in [1.54, 1.807) is 19.1 Å². The lowest BCUT2D eigenvalue weighted by atomic mass is 9.90. The van der Waals surface area contributed by atoms with E-state index in [1.165, 1.54) is 13.2 Å². The lowest BCUT2D eigenvalue weighted by Crippen LogP contribution is -2.33. The van der Waals surface area contributed by atoms with Crippen LogP contribution in [0.5, 0.6) is 11.5 Å². The number of benzene rings is 1. The van der Waals surface area contributed by atoms with Gasteiger partial charge in [0.2, 0.25) is 0 Å². The number of rotatable bonds is 1. The van der Waals surface area contributed by atoms with Crippen LogP contribution >= 0.6 is 0 Å². The van der Waals surface area contributed by atoms with Crippen molar-refractivity contribution in [1.82, 2.24) is 0 Å². The van der Waals surface area contributed by atoms with Crippen LogP contribution in [0.15, 0.2) is 27.4 Å². The Bertz CT molecular complexity index is 759. The molecule has 20 heavy (non-hydrogen) atoms. The maximum Gasteiger partial charge on any atom is 0.336 e. The van der Waals surface area contributed by atoms with Gasteiger partial charge in [-0.15, -0.1) is 0 Å². The van der Waals surface area contributed by atoms with Crippen LogP contribution in [-0.4, -0.2) is 19.0 Å². The van der Waals surface area contributed by atoms with Crippen LogP contribution in [0.3, 0.4) is 0 Å². The molecule has 1 aliphatic heterocycles. The molecule has 104 valence electrons. The summed E-state index contributed by atoms with van der Waals surface area (Å²) in [6.45, 7) is 3.64. The number of carbonyl (C=O) groups is 1. The van der Waals surface area contributed by atoms with Gasteiger partial charge in [-0.3, -0.25) is 4.79 Å². The second-order valence-corrected chi connectivity index (χ2v) is 4.93.